The van der Waals surface area contributed by atoms with Crippen LogP contribution in [-0.2, 0) is 14.9 Å². The van der Waals surface area contributed by atoms with Crippen LogP contribution < -0.4 is 10.1 Å². The lowest BCUT2D eigenvalue weighted by Gasteiger charge is -2.36. The zero-order valence-corrected chi connectivity index (χ0v) is 21.6. The lowest BCUT2D eigenvalue weighted by molar-refractivity contribution is -0.125. The number of aryl methyl sites for hydroxylation is 2. The van der Waals surface area contributed by atoms with E-state index in [9.17, 15) is 4.79 Å². The third-order valence-corrected chi connectivity index (χ3v) is 7.11. The fourth-order valence-corrected chi connectivity index (χ4v) is 4.73. The van der Waals surface area contributed by atoms with Crippen LogP contribution in [0.4, 0.5) is 5.69 Å². The van der Waals surface area contributed by atoms with Crippen LogP contribution in [0.15, 0.2) is 60.7 Å². The Labute approximate surface area is 216 Å². The van der Waals surface area contributed by atoms with E-state index in [4.69, 9.17) is 9.47 Å². The first-order chi connectivity index (χ1) is 17.9. The van der Waals surface area contributed by atoms with E-state index in [1.165, 1.54) is 0 Å². The lowest BCUT2D eigenvalue weighted by Crippen LogP contribution is -2.44. The van der Waals surface area contributed by atoms with E-state index in [0.717, 1.165) is 22.5 Å². The number of hydrogen-bond donors (Lipinski definition) is 1. The normalized spacial score (nSPS) is 14.8. The number of ether oxygens (including phenoxy) is 2. The summed E-state index contributed by atoms with van der Waals surface area (Å²) in [6.45, 7) is 8.99. The van der Waals surface area contributed by atoms with Gasteiger partial charge in [0.25, 0.3) is 0 Å². The molecule has 2 aromatic heterocycles. The van der Waals surface area contributed by atoms with Crippen molar-refractivity contribution >= 4 is 11.6 Å². The highest BCUT2D eigenvalue weighted by Gasteiger charge is 2.41. The van der Waals surface area contributed by atoms with Crippen LogP contribution in [0.2, 0.25) is 0 Å². The Bertz CT molecular complexity index is 1410. The molecule has 2 aromatic carbocycles. The Morgan fingerprint density at radius 3 is 2.32 bits per heavy atom. The van der Waals surface area contributed by atoms with Gasteiger partial charge in [-0.25, -0.2) is 9.67 Å². The maximum atomic E-state index is 13.5. The highest BCUT2D eigenvalue weighted by Crippen LogP contribution is 2.36. The van der Waals surface area contributed by atoms with Crippen molar-refractivity contribution in [3.63, 3.8) is 0 Å². The Kier molecular flexibility index (Phi) is 6.76. The minimum Gasteiger partial charge on any atom is -0.439 e. The first kappa shape index (κ1) is 24.6. The van der Waals surface area contributed by atoms with Gasteiger partial charge in [-0.1, -0.05) is 30.3 Å². The lowest BCUT2D eigenvalue weighted by atomic mass is 9.73. The molecular formula is C29H31N5O3. The number of aromatic nitrogens is 4. The van der Waals surface area contributed by atoms with Crippen LogP contribution in [0.1, 0.15) is 41.2 Å². The van der Waals surface area contributed by atoms with Gasteiger partial charge in [0.2, 0.25) is 11.8 Å². The van der Waals surface area contributed by atoms with Crippen molar-refractivity contribution in [2.45, 2.75) is 46.0 Å². The van der Waals surface area contributed by atoms with E-state index < -0.39 is 5.41 Å². The van der Waals surface area contributed by atoms with Crippen LogP contribution in [0.25, 0.3) is 5.82 Å². The second-order valence-corrected chi connectivity index (χ2v) is 9.46. The van der Waals surface area contributed by atoms with Gasteiger partial charge in [0.1, 0.15) is 11.6 Å². The zero-order valence-electron chi connectivity index (χ0n) is 21.6. The molecule has 0 radical (unpaired) electrons. The van der Waals surface area contributed by atoms with Gasteiger partial charge in [-0.05, 0) is 75.9 Å². The van der Waals surface area contributed by atoms with E-state index in [0.29, 0.717) is 55.0 Å². The molecule has 1 N–H and O–H groups in total. The topological polar surface area (TPSA) is 91.2 Å². The molecule has 0 saturated carbocycles. The molecule has 5 rings (SSSR count). The van der Waals surface area contributed by atoms with Crippen LogP contribution in [0.3, 0.4) is 0 Å². The summed E-state index contributed by atoms with van der Waals surface area (Å²) in [7, 11) is 0. The molecule has 37 heavy (non-hydrogen) atoms. The van der Waals surface area contributed by atoms with Gasteiger partial charge in [-0.2, -0.15) is 10.1 Å². The second kappa shape index (κ2) is 10.1. The molecule has 1 saturated heterocycles. The van der Waals surface area contributed by atoms with Gasteiger partial charge >= 0.3 is 0 Å². The van der Waals surface area contributed by atoms with E-state index in [2.05, 4.69) is 20.4 Å². The molecule has 0 atom stereocenters. The number of carbonyl (C=O) groups excluding carboxylic acids is 1. The summed E-state index contributed by atoms with van der Waals surface area (Å²) < 4.78 is 13.4. The van der Waals surface area contributed by atoms with Crippen molar-refractivity contribution in [1.29, 1.82) is 0 Å². The summed E-state index contributed by atoms with van der Waals surface area (Å²) >= 11 is 0. The molecule has 0 bridgehead atoms. The number of benzene rings is 2. The molecule has 1 aliphatic rings. The first-order valence-corrected chi connectivity index (χ1v) is 12.5. The van der Waals surface area contributed by atoms with Gasteiger partial charge < -0.3 is 14.8 Å². The fraction of sp³-hybridized carbons (Fsp3) is 0.310. The van der Waals surface area contributed by atoms with Crippen molar-refractivity contribution in [2.75, 3.05) is 18.5 Å². The predicted molar refractivity (Wildman–Crippen MR) is 141 cm³/mol. The van der Waals surface area contributed by atoms with Crippen LogP contribution >= 0.6 is 0 Å². The van der Waals surface area contributed by atoms with Crippen LogP contribution in [0, 0.1) is 27.7 Å². The van der Waals surface area contributed by atoms with Crippen LogP contribution in [-0.4, -0.2) is 38.9 Å². The summed E-state index contributed by atoms with van der Waals surface area (Å²) in [5, 5.41) is 7.71. The standard InChI is InChI=1S/C29H31N5O3/c1-19-20(2)33-34(21(19)3)26-18-27(31-22(4)30-26)37-25-12-10-24(11-13-25)32-28(35)29(14-16-36-17-15-29)23-8-6-5-7-9-23/h5-13,18H,14-17H2,1-4H3,(H,32,35). The number of rotatable bonds is 6. The summed E-state index contributed by atoms with van der Waals surface area (Å²) in [4.78, 5) is 22.5. The summed E-state index contributed by atoms with van der Waals surface area (Å²) in [5.74, 6) is 2.25. The number of anilines is 1. The monoisotopic (exact) mass is 497 g/mol. The number of nitrogens with one attached hydrogen (secondary N) is 1. The first-order valence-electron chi connectivity index (χ1n) is 12.5. The third kappa shape index (κ3) is 4.97. The smallest absolute Gasteiger partial charge is 0.235 e. The Hall–Kier alpha value is -4.04. The summed E-state index contributed by atoms with van der Waals surface area (Å²) in [5.41, 5.74) is 4.24. The molecule has 4 aromatic rings. The third-order valence-electron chi connectivity index (χ3n) is 7.11. The largest absolute Gasteiger partial charge is 0.439 e. The Balaban J connectivity index is 1.33. The molecule has 190 valence electrons. The quantitative estimate of drug-likeness (QED) is 0.385. The molecule has 1 amide bonds. The number of hydrogen-bond acceptors (Lipinski definition) is 6. The predicted octanol–water partition coefficient (Wildman–Crippen LogP) is 5.38. The van der Waals surface area contributed by atoms with Gasteiger partial charge in [0.15, 0.2) is 5.82 Å². The Morgan fingerprint density at radius 1 is 0.973 bits per heavy atom. The number of nitrogens with zero attached hydrogens (tertiary/aromatic N) is 4. The van der Waals surface area contributed by atoms with Crippen molar-refractivity contribution in [3.8, 4) is 17.4 Å². The molecule has 1 aliphatic heterocycles. The van der Waals surface area contributed by atoms with Crippen LogP contribution in [0.5, 0.6) is 11.6 Å². The minimum absolute atomic E-state index is 0.0214. The number of amides is 1. The molecule has 3 heterocycles. The Morgan fingerprint density at radius 2 is 1.68 bits per heavy atom. The van der Waals surface area contributed by atoms with Crippen molar-refractivity contribution in [2.24, 2.45) is 0 Å². The highest BCUT2D eigenvalue weighted by molar-refractivity contribution is 5.99. The van der Waals surface area contributed by atoms with Gasteiger partial charge in [-0.3, -0.25) is 4.79 Å². The van der Waals surface area contributed by atoms with Gasteiger partial charge in [0.05, 0.1) is 11.1 Å². The van der Waals surface area contributed by atoms with Crippen molar-refractivity contribution in [1.82, 2.24) is 19.7 Å². The van der Waals surface area contributed by atoms with E-state index in [1.807, 2.05) is 87.0 Å². The van der Waals surface area contributed by atoms with Crippen molar-refractivity contribution in [3.05, 3.63) is 89.0 Å². The molecule has 8 heteroatoms. The maximum Gasteiger partial charge on any atom is 0.235 e. The molecule has 0 unspecified atom stereocenters. The van der Waals surface area contributed by atoms with E-state index >= 15 is 0 Å². The van der Waals surface area contributed by atoms with Gasteiger partial charge in [-0.15, -0.1) is 0 Å². The molecule has 0 aliphatic carbocycles. The number of carbonyl (C=O) groups is 1. The molecular weight excluding hydrogens is 466 g/mol. The van der Waals surface area contributed by atoms with E-state index in [1.54, 1.807) is 6.07 Å². The highest BCUT2D eigenvalue weighted by atomic mass is 16.5. The molecule has 8 nitrogen and oxygen atoms in total. The fourth-order valence-electron chi connectivity index (χ4n) is 4.73. The summed E-state index contributed by atoms with van der Waals surface area (Å²) in [6, 6.07) is 19.0. The second-order valence-electron chi connectivity index (χ2n) is 9.46. The summed E-state index contributed by atoms with van der Waals surface area (Å²) in [6.07, 6.45) is 1.29. The van der Waals surface area contributed by atoms with E-state index in [-0.39, 0.29) is 5.91 Å². The maximum absolute atomic E-state index is 13.5. The van der Waals surface area contributed by atoms with Gasteiger partial charge in [0, 0.05) is 30.7 Å². The SMILES string of the molecule is Cc1nc(Oc2ccc(NC(=O)C3(c4ccccc4)CCOCC3)cc2)cc(-n2nc(C)c(C)c2C)n1. The van der Waals surface area contributed by atoms with Crippen molar-refractivity contribution < 1.29 is 14.3 Å². The zero-order chi connectivity index (χ0) is 26.0. The minimum atomic E-state index is -0.606. The average Bonchev–Trinajstić information content (AvgIpc) is 3.17. The molecule has 0 spiro atoms. The molecule has 1 fully saturated rings. The average molecular weight is 498 g/mol.